The average Bonchev–Trinajstić information content (AvgIpc) is 2.86. The van der Waals surface area contributed by atoms with Crippen LogP contribution in [0.5, 0.6) is 5.75 Å². The van der Waals surface area contributed by atoms with E-state index in [9.17, 15) is 14.3 Å². The number of hydrogen-bond donors (Lipinski definition) is 2. The summed E-state index contributed by atoms with van der Waals surface area (Å²) in [5.74, 6) is 0.393. The molecule has 0 saturated heterocycles. The van der Waals surface area contributed by atoms with Crippen LogP contribution in [0.15, 0.2) is 36.4 Å². The zero-order valence-corrected chi connectivity index (χ0v) is 15.1. The standard InChI is InChI=1S/C21H21FN2O3/c1-13-17(16-3-2-4-18(22)21(16)23-13)10-20(26)24-7-8-27-19-6-5-14(12-25)9-15(19)11-24/h2-6,9,23,25H,7-8,10-12H2,1H3. The number of aromatic amines is 1. The molecule has 1 aliphatic heterocycles. The van der Waals surface area contributed by atoms with Gasteiger partial charge < -0.3 is 19.7 Å². The van der Waals surface area contributed by atoms with E-state index in [0.717, 1.165) is 33.5 Å². The minimum Gasteiger partial charge on any atom is -0.491 e. The van der Waals surface area contributed by atoms with Gasteiger partial charge in [-0.3, -0.25) is 4.79 Å². The molecule has 0 saturated carbocycles. The molecule has 3 aromatic rings. The second kappa shape index (κ2) is 7.04. The van der Waals surface area contributed by atoms with E-state index in [1.165, 1.54) is 6.07 Å². The lowest BCUT2D eigenvalue weighted by Crippen LogP contribution is -2.33. The first kappa shape index (κ1) is 17.5. The van der Waals surface area contributed by atoms with Crippen molar-refractivity contribution >= 4 is 16.8 Å². The van der Waals surface area contributed by atoms with E-state index in [-0.39, 0.29) is 24.8 Å². The molecular weight excluding hydrogens is 347 g/mol. The summed E-state index contributed by atoms with van der Waals surface area (Å²) in [5, 5.41) is 10.1. The van der Waals surface area contributed by atoms with Gasteiger partial charge in [-0.2, -0.15) is 0 Å². The van der Waals surface area contributed by atoms with Crippen molar-refractivity contribution in [2.45, 2.75) is 26.5 Å². The second-order valence-corrected chi connectivity index (χ2v) is 6.83. The highest BCUT2D eigenvalue weighted by Crippen LogP contribution is 2.27. The molecular formula is C21H21FN2O3. The summed E-state index contributed by atoms with van der Waals surface area (Å²) < 4.78 is 19.7. The summed E-state index contributed by atoms with van der Waals surface area (Å²) in [6, 6.07) is 10.4. The van der Waals surface area contributed by atoms with Gasteiger partial charge in [0.25, 0.3) is 0 Å². The molecule has 0 bridgehead atoms. The maximum atomic E-state index is 14.0. The van der Waals surface area contributed by atoms with Crippen molar-refractivity contribution in [3.63, 3.8) is 0 Å². The van der Waals surface area contributed by atoms with Crippen LogP contribution in [0.3, 0.4) is 0 Å². The lowest BCUT2D eigenvalue weighted by molar-refractivity contribution is -0.131. The molecule has 5 nitrogen and oxygen atoms in total. The molecule has 140 valence electrons. The smallest absolute Gasteiger partial charge is 0.227 e. The number of nitrogens with one attached hydrogen (secondary N) is 1. The number of aliphatic hydroxyl groups excluding tert-OH is 1. The van der Waals surface area contributed by atoms with E-state index in [1.54, 1.807) is 11.0 Å². The van der Waals surface area contributed by atoms with Gasteiger partial charge in [-0.25, -0.2) is 4.39 Å². The van der Waals surface area contributed by atoms with Gasteiger partial charge >= 0.3 is 0 Å². The largest absolute Gasteiger partial charge is 0.491 e. The van der Waals surface area contributed by atoms with Gasteiger partial charge in [0.1, 0.15) is 18.2 Å². The molecule has 1 amide bonds. The monoisotopic (exact) mass is 368 g/mol. The number of carbonyl (C=O) groups is 1. The lowest BCUT2D eigenvalue weighted by atomic mass is 10.1. The van der Waals surface area contributed by atoms with Crippen molar-refractivity contribution < 1.29 is 19.0 Å². The number of aromatic nitrogens is 1. The number of carbonyl (C=O) groups excluding carboxylic acids is 1. The fourth-order valence-electron chi connectivity index (χ4n) is 3.62. The Bertz CT molecular complexity index is 1010. The molecule has 1 aromatic heterocycles. The molecule has 0 aliphatic carbocycles. The third-order valence-electron chi connectivity index (χ3n) is 5.07. The molecule has 4 rings (SSSR count). The molecule has 2 heterocycles. The molecule has 0 radical (unpaired) electrons. The molecule has 27 heavy (non-hydrogen) atoms. The molecule has 0 fully saturated rings. The fourth-order valence-corrected chi connectivity index (χ4v) is 3.62. The van der Waals surface area contributed by atoms with Gasteiger partial charge in [-0.05, 0) is 36.2 Å². The summed E-state index contributed by atoms with van der Waals surface area (Å²) in [7, 11) is 0. The van der Waals surface area contributed by atoms with Gasteiger partial charge in [0.2, 0.25) is 5.91 Å². The molecule has 2 N–H and O–H groups in total. The second-order valence-electron chi connectivity index (χ2n) is 6.83. The molecule has 1 aliphatic rings. The molecule has 0 spiro atoms. The van der Waals surface area contributed by atoms with Crippen LogP contribution in [0.4, 0.5) is 4.39 Å². The van der Waals surface area contributed by atoms with Gasteiger partial charge in [0, 0.05) is 23.2 Å². The van der Waals surface area contributed by atoms with E-state index < -0.39 is 0 Å². The minimum absolute atomic E-state index is 0.0332. The van der Waals surface area contributed by atoms with Crippen molar-refractivity contribution in [2.75, 3.05) is 13.2 Å². The van der Waals surface area contributed by atoms with Crippen LogP contribution in [0, 0.1) is 12.7 Å². The lowest BCUT2D eigenvalue weighted by Gasteiger charge is -2.20. The third-order valence-corrected chi connectivity index (χ3v) is 5.07. The van der Waals surface area contributed by atoms with Crippen molar-refractivity contribution in [3.05, 3.63) is 64.6 Å². The molecule has 2 aromatic carbocycles. The van der Waals surface area contributed by atoms with Crippen molar-refractivity contribution in [3.8, 4) is 5.75 Å². The number of para-hydroxylation sites is 1. The molecule has 6 heteroatoms. The maximum Gasteiger partial charge on any atom is 0.227 e. The van der Waals surface area contributed by atoms with Crippen molar-refractivity contribution in [2.24, 2.45) is 0 Å². The highest BCUT2D eigenvalue weighted by Gasteiger charge is 2.22. The Labute approximate surface area is 156 Å². The summed E-state index contributed by atoms with van der Waals surface area (Å²) in [5.41, 5.74) is 3.74. The maximum absolute atomic E-state index is 14.0. The minimum atomic E-state index is -0.317. The number of ether oxygens (including phenoxy) is 1. The Morgan fingerprint density at radius 2 is 2.19 bits per heavy atom. The number of aliphatic hydroxyl groups is 1. The predicted octanol–water partition coefficient (Wildman–Crippen LogP) is 3.07. The number of H-pyrrole nitrogens is 1. The Morgan fingerprint density at radius 1 is 1.33 bits per heavy atom. The van der Waals surface area contributed by atoms with E-state index in [0.29, 0.717) is 25.2 Å². The number of fused-ring (bicyclic) bond motifs is 2. The summed E-state index contributed by atoms with van der Waals surface area (Å²) in [4.78, 5) is 17.8. The highest BCUT2D eigenvalue weighted by molar-refractivity contribution is 5.90. The van der Waals surface area contributed by atoms with Crippen LogP contribution in [0.2, 0.25) is 0 Å². The highest BCUT2D eigenvalue weighted by atomic mass is 19.1. The normalized spacial score (nSPS) is 14.0. The van der Waals surface area contributed by atoms with Crippen LogP contribution in [-0.4, -0.2) is 34.0 Å². The van der Waals surface area contributed by atoms with E-state index in [1.807, 2.05) is 31.2 Å². The number of amides is 1. The van der Waals surface area contributed by atoms with Crippen LogP contribution in [-0.2, 0) is 24.4 Å². The Hall–Kier alpha value is -2.86. The van der Waals surface area contributed by atoms with E-state index in [2.05, 4.69) is 4.98 Å². The number of nitrogens with zero attached hydrogens (tertiary/aromatic N) is 1. The Kier molecular flexibility index (Phi) is 4.58. The van der Waals surface area contributed by atoms with Gasteiger partial charge in [0.05, 0.1) is 25.1 Å². The number of hydrogen-bond acceptors (Lipinski definition) is 3. The van der Waals surface area contributed by atoms with Crippen LogP contribution in [0.1, 0.15) is 22.4 Å². The zero-order valence-electron chi connectivity index (χ0n) is 15.1. The quantitative estimate of drug-likeness (QED) is 0.747. The number of aryl methyl sites for hydroxylation is 1. The first-order chi connectivity index (χ1) is 13.1. The first-order valence-corrected chi connectivity index (χ1v) is 8.95. The van der Waals surface area contributed by atoms with Gasteiger partial charge in [-0.15, -0.1) is 0 Å². The van der Waals surface area contributed by atoms with Crippen molar-refractivity contribution in [1.82, 2.24) is 9.88 Å². The third kappa shape index (κ3) is 3.28. The average molecular weight is 368 g/mol. The van der Waals surface area contributed by atoms with Gasteiger partial charge in [-0.1, -0.05) is 18.2 Å². The van der Waals surface area contributed by atoms with Crippen LogP contribution >= 0.6 is 0 Å². The van der Waals surface area contributed by atoms with E-state index in [4.69, 9.17) is 4.74 Å². The van der Waals surface area contributed by atoms with Crippen molar-refractivity contribution in [1.29, 1.82) is 0 Å². The number of rotatable bonds is 3. The number of halogens is 1. The summed E-state index contributed by atoms with van der Waals surface area (Å²) in [6.45, 7) is 3.13. The van der Waals surface area contributed by atoms with Crippen LogP contribution in [0.25, 0.3) is 10.9 Å². The fraction of sp³-hybridized carbons (Fsp3) is 0.286. The molecule has 0 atom stereocenters. The summed E-state index contributed by atoms with van der Waals surface area (Å²) in [6.07, 6.45) is 0.199. The predicted molar refractivity (Wildman–Crippen MR) is 100.0 cm³/mol. The topological polar surface area (TPSA) is 65.6 Å². The van der Waals surface area contributed by atoms with Gasteiger partial charge in [0.15, 0.2) is 0 Å². The van der Waals surface area contributed by atoms with E-state index >= 15 is 0 Å². The SMILES string of the molecule is Cc1[nH]c2c(F)cccc2c1CC(=O)N1CCOc2ccc(CO)cc2C1. The first-order valence-electron chi connectivity index (χ1n) is 8.95. The molecule has 0 unspecified atom stereocenters. The Balaban J connectivity index is 1.60. The summed E-state index contributed by atoms with van der Waals surface area (Å²) >= 11 is 0. The Morgan fingerprint density at radius 3 is 3.00 bits per heavy atom. The van der Waals surface area contributed by atoms with Crippen LogP contribution < -0.4 is 4.74 Å². The number of benzene rings is 2. The zero-order chi connectivity index (χ0) is 19.0.